The van der Waals surface area contributed by atoms with E-state index in [1.165, 1.54) is 37.7 Å². The van der Waals surface area contributed by atoms with Gasteiger partial charge in [-0.15, -0.1) is 0 Å². The van der Waals surface area contributed by atoms with E-state index in [9.17, 15) is 4.39 Å². The molecule has 1 aromatic rings. The summed E-state index contributed by atoms with van der Waals surface area (Å²) in [6, 6.07) is 6.15. The fraction of sp³-hybridized carbons (Fsp3) is 0.647. The number of halogens is 1. The van der Waals surface area contributed by atoms with Crippen molar-refractivity contribution in [3.05, 3.63) is 29.6 Å². The minimum atomic E-state index is -0.116. The van der Waals surface area contributed by atoms with Gasteiger partial charge in [0.1, 0.15) is 5.82 Å². The monoisotopic (exact) mass is 278 g/mol. The second-order valence-electron chi connectivity index (χ2n) is 5.67. The van der Waals surface area contributed by atoms with Crippen LogP contribution in [0.3, 0.4) is 0 Å². The first-order valence-corrected chi connectivity index (χ1v) is 8.01. The average molecular weight is 278 g/mol. The maximum Gasteiger partial charge on any atom is 0.146 e. The number of nitrogens with one attached hydrogen (secondary N) is 1. The van der Waals surface area contributed by atoms with Crippen LogP contribution in [0.25, 0.3) is 0 Å². The van der Waals surface area contributed by atoms with Crippen LogP contribution < -0.4 is 10.2 Å². The molecular weight excluding hydrogens is 251 g/mol. The number of nitrogens with zero attached hydrogens (tertiary/aromatic N) is 1. The molecule has 1 N–H and O–H groups in total. The van der Waals surface area contributed by atoms with Crippen LogP contribution in [-0.4, -0.2) is 19.1 Å². The first-order valence-electron chi connectivity index (χ1n) is 8.01. The van der Waals surface area contributed by atoms with Crippen LogP contribution in [0.1, 0.15) is 51.5 Å². The third-order valence-corrected chi connectivity index (χ3v) is 4.31. The van der Waals surface area contributed by atoms with Crippen molar-refractivity contribution in [3.8, 4) is 0 Å². The molecule has 0 radical (unpaired) electrons. The number of rotatable bonds is 6. The van der Waals surface area contributed by atoms with E-state index < -0.39 is 0 Å². The Hall–Kier alpha value is -1.09. The van der Waals surface area contributed by atoms with Crippen LogP contribution in [0.15, 0.2) is 18.2 Å². The van der Waals surface area contributed by atoms with Crippen LogP contribution >= 0.6 is 0 Å². The Bertz CT molecular complexity index is 409. The van der Waals surface area contributed by atoms with Gasteiger partial charge < -0.3 is 10.2 Å². The third-order valence-electron chi connectivity index (χ3n) is 4.31. The molecule has 0 bridgehead atoms. The predicted molar refractivity (Wildman–Crippen MR) is 83.7 cm³/mol. The van der Waals surface area contributed by atoms with Gasteiger partial charge in [0.15, 0.2) is 0 Å². The molecule has 0 aliphatic heterocycles. The minimum Gasteiger partial charge on any atom is -0.370 e. The topological polar surface area (TPSA) is 15.3 Å². The summed E-state index contributed by atoms with van der Waals surface area (Å²) in [5.74, 6) is -0.116. The molecule has 1 aromatic carbocycles. The van der Waals surface area contributed by atoms with Crippen LogP contribution in [-0.2, 0) is 6.54 Å². The highest BCUT2D eigenvalue weighted by Gasteiger charge is 2.13. The summed E-state index contributed by atoms with van der Waals surface area (Å²) < 4.78 is 13.9. The highest BCUT2D eigenvalue weighted by Crippen LogP contribution is 2.22. The molecule has 1 aliphatic carbocycles. The van der Waals surface area contributed by atoms with Crippen molar-refractivity contribution in [2.24, 2.45) is 0 Å². The lowest BCUT2D eigenvalue weighted by Crippen LogP contribution is -2.30. The lowest BCUT2D eigenvalue weighted by atomic mass is 9.95. The molecule has 112 valence electrons. The fourth-order valence-corrected chi connectivity index (χ4v) is 3.04. The van der Waals surface area contributed by atoms with Crippen molar-refractivity contribution in [3.63, 3.8) is 0 Å². The van der Waals surface area contributed by atoms with Crippen molar-refractivity contribution in [2.45, 2.75) is 58.5 Å². The fourth-order valence-electron chi connectivity index (χ4n) is 3.04. The molecule has 2 rings (SSSR count). The van der Waals surface area contributed by atoms with Gasteiger partial charge in [0, 0.05) is 25.7 Å². The van der Waals surface area contributed by atoms with E-state index in [1.807, 2.05) is 12.1 Å². The smallest absolute Gasteiger partial charge is 0.146 e. The molecule has 20 heavy (non-hydrogen) atoms. The number of anilines is 1. The first-order chi connectivity index (χ1) is 9.74. The Morgan fingerprint density at radius 1 is 1.15 bits per heavy atom. The van der Waals surface area contributed by atoms with Crippen LogP contribution in [0, 0.1) is 5.82 Å². The first kappa shape index (κ1) is 15.3. The van der Waals surface area contributed by atoms with E-state index in [2.05, 4.69) is 24.1 Å². The summed E-state index contributed by atoms with van der Waals surface area (Å²) in [6.45, 7) is 6.66. The van der Waals surface area contributed by atoms with Crippen molar-refractivity contribution >= 4 is 5.69 Å². The Labute approximate surface area is 122 Å². The van der Waals surface area contributed by atoms with Gasteiger partial charge >= 0.3 is 0 Å². The third kappa shape index (κ3) is 3.95. The van der Waals surface area contributed by atoms with Gasteiger partial charge in [-0.2, -0.15) is 0 Å². The highest BCUT2D eigenvalue weighted by molar-refractivity contribution is 5.49. The second kappa shape index (κ2) is 7.63. The van der Waals surface area contributed by atoms with Crippen LogP contribution in [0.5, 0.6) is 0 Å². The zero-order valence-corrected chi connectivity index (χ0v) is 12.8. The summed E-state index contributed by atoms with van der Waals surface area (Å²) in [4.78, 5) is 2.07. The van der Waals surface area contributed by atoms with Crippen molar-refractivity contribution in [1.82, 2.24) is 5.32 Å². The zero-order chi connectivity index (χ0) is 14.4. The Morgan fingerprint density at radius 3 is 2.50 bits per heavy atom. The summed E-state index contributed by atoms with van der Waals surface area (Å²) >= 11 is 0. The molecule has 3 heteroatoms. The van der Waals surface area contributed by atoms with Gasteiger partial charge in [0.2, 0.25) is 0 Å². The predicted octanol–water partition coefficient (Wildman–Crippen LogP) is 4.09. The van der Waals surface area contributed by atoms with Gasteiger partial charge in [0.25, 0.3) is 0 Å². The minimum absolute atomic E-state index is 0.116. The number of hydrogen-bond donors (Lipinski definition) is 1. The maximum absolute atomic E-state index is 13.9. The van der Waals surface area contributed by atoms with Crippen molar-refractivity contribution in [1.29, 1.82) is 0 Å². The second-order valence-corrected chi connectivity index (χ2v) is 5.67. The molecule has 0 spiro atoms. The standard InChI is InChI=1S/C17H27FN2/c1-3-20(4-2)17-12-14(10-11-16(17)18)13-19-15-8-6-5-7-9-15/h10-12,15,19H,3-9,13H2,1-2H3. The molecular formula is C17H27FN2. The molecule has 1 saturated carbocycles. The van der Waals surface area contributed by atoms with E-state index >= 15 is 0 Å². The van der Waals surface area contributed by atoms with Crippen molar-refractivity contribution in [2.75, 3.05) is 18.0 Å². The summed E-state index contributed by atoms with van der Waals surface area (Å²) in [5.41, 5.74) is 1.91. The number of hydrogen-bond acceptors (Lipinski definition) is 2. The quantitative estimate of drug-likeness (QED) is 0.843. The van der Waals surface area contributed by atoms with Gasteiger partial charge in [-0.1, -0.05) is 25.3 Å². The molecule has 0 amide bonds. The largest absolute Gasteiger partial charge is 0.370 e. The Kier molecular flexibility index (Phi) is 5.84. The van der Waals surface area contributed by atoms with Gasteiger partial charge in [-0.05, 0) is 44.4 Å². The molecule has 0 unspecified atom stereocenters. The molecule has 0 heterocycles. The lowest BCUT2D eigenvalue weighted by Gasteiger charge is -2.24. The molecule has 1 aliphatic rings. The molecule has 0 aromatic heterocycles. The van der Waals surface area contributed by atoms with E-state index in [0.29, 0.717) is 6.04 Å². The van der Waals surface area contributed by atoms with E-state index in [0.717, 1.165) is 25.3 Å². The molecule has 2 nitrogen and oxygen atoms in total. The number of benzene rings is 1. The Balaban J connectivity index is 1.99. The van der Waals surface area contributed by atoms with E-state index in [-0.39, 0.29) is 5.82 Å². The average Bonchev–Trinajstić information content (AvgIpc) is 2.50. The summed E-state index contributed by atoms with van der Waals surface area (Å²) in [6.07, 6.45) is 6.62. The van der Waals surface area contributed by atoms with Gasteiger partial charge in [0.05, 0.1) is 5.69 Å². The van der Waals surface area contributed by atoms with E-state index in [4.69, 9.17) is 0 Å². The van der Waals surface area contributed by atoms with Crippen LogP contribution in [0.2, 0.25) is 0 Å². The molecule has 1 fully saturated rings. The maximum atomic E-state index is 13.9. The lowest BCUT2D eigenvalue weighted by molar-refractivity contribution is 0.372. The van der Waals surface area contributed by atoms with E-state index in [1.54, 1.807) is 6.07 Å². The Morgan fingerprint density at radius 2 is 1.85 bits per heavy atom. The summed E-state index contributed by atoms with van der Waals surface area (Å²) in [5, 5.41) is 3.62. The zero-order valence-electron chi connectivity index (χ0n) is 12.8. The van der Waals surface area contributed by atoms with Gasteiger partial charge in [-0.25, -0.2) is 4.39 Å². The normalized spacial score (nSPS) is 16.4. The van der Waals surface area contributed by atoms with Crippen LogP contribution in [0.4, 0.5) is 10.1 Å². The SMILES string of the molecule is CCN(CC)c1cc(CNC2CCCCC2)ccc1F. The molecule has 0 atom stereocenters. The highest BCUT2D eigenvalue weighted by atomic mass is 19.1. The van der Waals surface area contributed by atoms with Gasteiger partial charge in [-0.3, -0.25) is 0 Å². The van der Waals surface area contributed by atoms with Crippen molar-refractivity contribution < 1.29 is 4.39 Å². The summed E-state index contributed by atoms with van der Waals surface area (Å²) in [7, 11) is 0. The molecule has 0 saturated heterocycles.